The molecule has 1 aliphatic rings. The number of ether oxygens (including phenoxy) is 1. The van der Waals surface area contributed by atoms with Crippen LogP contribution >= 0.6 is 0 Å². The molecule has 10 heavy (non-hydrogen) atoms. The van der Waals surface area contributed by atoms with E-state index < -0.39 is 0 Å². The monoisotopic (exact) mass is 133 g/mol. The Hall–Kier alpha value is -1.49. The van der Waals surface area contributed by atoms with E-state index >= 15 is 0 Å². The predicted octanol–water partition coefficient (Wildman–Crippen LogP) is 1.88. The van der Waals surface area contributed by atoms with Crippen molar-refractivity contribution in [2.24, 2.45) is 0 Å². The molecule has 1 rings (SSSR count). The third kappa shape index (κ3) is 1.49. The van der Waals surface area contributed by atoms with Gasteiger partial charge in [0.2, 0.25) is 0 Å². The summed E-state index contributed by atoms with van der Waals surface area (Å²) >= 11 is 0. The molecule has 0 radical (unpaired) electrons. The average molecular weight is 133 g/mol. The van der Waals surface area contributed by atoms with Crippen LogP contribution in [0, 0.1) is 11.3 Å². The van der Waals surface area contributed by atoms with Gasteiger partial charge in [0, 0.05) is 6.08 Å². The van der Waals surface area contributed by atoms with Crippen LogP contribution in [0.1, 0.15) is 6.92 Å². The van der Waals surface area contributed by atoms with E-state index in [4.69, 9.17) is 10.00 Å². The second kappa shape index (κ2) is 2.88. The maximum absolute atomic E-state index is 8.27. The van der Waals surface area contributed by atoms with Gasteiger partial charge in [-0.2, -0.15) is 5.26 Å². The summed E-state index contributed by atoms with van der Waals surface area (Å²) in [5.41, 5.74) is 0.881. The molecule has 0 saturated heterocycles. The largest absolute Gasteiger partial charge is 0.470 e. The number of allylic oxidation sites excluding steroid dienone is 5. The lowest BCUT2D eigenvalue weighted by Crippen LogP contribution is -1.86. The highest BCUT2D eigenvalue weighted by molar-refractivity contribution is 5.37. The molecule has 2 nitrogen and oxygen atoms in total. The minimum atomic E-state index is 0.809. The quantitative estimate of drug-likeness (QED) is 0.473. The zero-order valence-corrected chi connectivity index (χ0v) is 5.66. The lowest BCUT2D eigenvalue weighted by atomic mass is 10.2. The minimum Gasteiger partial charge on any atom is -0.470 e. The van der Waals surface area contributed by atoms with Crippen molar-refractivity contribution in [3.05, 3.63) is 35.8 Å². The second-order valence-electron chi connectivity index (χ2n) is 1.95. The Bertz CT molecular complexity index is 253. The lowest BCUT2D eigenvalue weighted by Gasteiger charge is -2.04. The van der Waals surface area contributed by atoms with Crippen LogP contribution in [0.3, 0.4) is 0 Å². The van der Waals surface area contributed by atoms with Crippen molar-refractivity contribution in [2.45, 2.75) is 6.92 Å². The van der Waals surface area contributed by atoms with Crippen LogP contribution in [0.5, 0.6) is 0 Å². The van der Waals surface area contributed by atoms with Gasteiger partial charge in [0.1, 0.15) is 5.76 Å². The zero-order valence-electron chi connectivity index (χ0n) is 5.66. The topological polar surface area (TPSA) is 33.0 Å². The van der Waals surface area contributed by atoms with E-state index in [2.05, 4.69) is 0 Å². The predicted molar refractivity (Wildman–Crippen MR) is 37.7 cm³/mol. The molecule has 0 amide bonds. The van der Waals surface area contributed by atoms with Crippen molar-refractivity contribution in [1.29, 1.82) is 5.26 Å². The number of nitrogens with zero attached hydrogens (tertiary/aromatic N) is 1. The normalized spacial score (nSPS) is 19.6. The maximum Gasteiger partial charge on any atom is 0.101 e. The van der Waals surface area contributed by atoms with Gasteiger partial charge in [0.25, 0.3) is 0 Å². The summed E-state index contributed by atoms with van der Waals surface area (Å²) in [6, 6.07) is 1.94. The summed E-state index contributed by atoms with van der Waals surface area (Å²) in [4.78, 5) is 0. The van der Waals surface area contributed by atoms with Gasteiger partial charge < -0.3 is 4.74 Å². The van der Waals surface area contributed by atoms with Crippen molar-refractivity contribution in [2.75, 3.05) is 0 Å². The Morgan fingerprint density at radius 2 is 2.50 bits per heavy atom. The number of hydrogen-bond acceptors (Lipinski definition) is 2. The van der Waals surface area contributed by atoms with Crippen LogP contribution in [0.2, 0.25) is 0 Å². The highest BCUT2D eigenvalue weighted by Crippen LogP contribution is 2.11. The molecule has 0 atom stereocenters. The molecule has 0 spiro atoms. The van der Waals surface area contributed by atoms with E-state index in [1.807, 2.05) is 19.1 Å². The molecule has 50 valence electrons. The first-order valence-electron chi connectivity index (χ1n) is 2.94. The van der Waals surface area contributed by atoms with Crippen LogP contribution in [0.15, 0.2) is 35.8 Å². The van der Waals surface area contributed by atoms with Gasteiger partial charge in [-0.05, 0) is 24.6 Å². The standard InChI is InChI=1S/C8H7NO/c1-7-6-8(2-4-9)3-5-10-7/h2-3,5-6H,1H3/b8-2+. The summed E-state index contributed by atoms with van der Waals surface area (Å²) in [7, 11) is 0. The number of rotatable bonds is 0. The molecule has 0 unspecified atom stereocenters. The molecule has 0 aromatic rings. The van der Waals surface area contributed by atoms with Crippen molar-refractivity contribution >= 4 is 0 Å². The molecule has 0 bridgehead atoms. The fraction of sp³-hybridized carbons (Fsp3) is 0.125. The minimum absolute atomic E-state index is 0.809. The van der Waals surface area contributed by atoms with E-state index in [0.717, 1.165) is 11.3 Å². The Morgan fingerprint density at radius 1 is 1.70 bits per heavy atom. The van der Waals surface area contributed by atoms with Gasteiger partial charge in [-0.1, -0.05) is 0 Å². The Labute approximate surface area is 59.7 Å². The third-order valence-electron chi connectivity index (χ3n) is 1.12. The smallest absolute Gasteiger partial charge is 0.101 e. The van der Waals surface area contributed by atoms with Crippen LogP contribution < -0.4 is 0 Å². The van der Waals surface area contributed by atoms with Gasteiger partial charge in [0.05, 0.1) is 12.3 Å². The lowest BCUT2D eigenvalue weighted by molar-refractivity contribution is 0.349. The first-order valence-corrected chi connectivity index (χ1v) is 2.94. The molecule has 1 aliphatic heterocycles. The third-order valence-corrected chi connectivity index (χ3v) is 1.12. The van der Waals surface area contributed by atoms with Crippen molar-refractivity contribution in [3.63, 3.8) is 0 Å². The molecule has 0 aliphatic carbocycles. The molecule has 0 fully saturated rings. The Morgan fingerprint density at radius 3 is 3.10 bits per heavy atom. The highest BCUT2D eigenvalue weighted by atomic mass is 16.5. The van der Waals surface area contributed by atoms with Gasteiger partial charge in [-0.25, -0.2) is 0 Å². The van der Waals surface area contributed by atoms with E-state index in [1.165, 1.54) is 6.08 Å². The number of hydrogen-bond donors (Lipinski definition) is 0. The Kier molecular flexibility index (Phi) is 1.91. The summed E-state index contributed by atoms with van der Waals surface area (Å²) in [5, 5.41) is 8.27. The van der Waals surface area contributed by atoms with E-state index in [1.54, 1.807) is 12.3 Å². The van der Waals surface area contributed by atoms with Crippen molar-refractivity contribution in [3.8, 4) is 6.07 Å². The zero-order chi connectivity index (χ0) is 7.40. The molecular formula is C8H7NO. The van der Waals surface area contributed by atoms with Gasteiger partial charge in [-0.15, -0.1) is 0 Å². The van der Waals surface area contributed by atoms with Crippen molar-refractivity contribution < 1.29 is 4.74 Å². The van der Waals surface area contributed by atoms with E-state index in [9.17, 15) is 0 Å². The molecule has 0 saturated carbocycles. The maximum atomic E-state index is 8.27. The van der Waals surface area contributed by atoms with Gasteiger partial charge in [-0.3, -0.25) is 0 Å². The highest BCUT2D eigenvalue weighted by Gasteiger charge is 1.95. The molecule has 2 heteroatoms. The second-order valence-corrected chi connectivity index (χ2v) is 1.95. The Balaban J connectivity index is 2.82. The molecular weight excluding hydrogens is 126 g/mol. The van der Waals surface area contributed by atoms with Crippen LogP contribution in [-0.2, 0) is 4.74 Å². The van der Waals surface area contributed by atoms with Gasteiger partial charge >= 0.3 is 0 Å². The molecule has 1 heterocycles. The van der Waals surface area contributed by atoms with Crippen LogP contribution in [0.25, 0.3) is 0 Å². The first-order chi connectivity index (χ1) is 4.83. The molecule has 0 aromatic carbocycles. The van der Waals surface area contributed by atoms with Crippen LogP contribution in [0.4, 0.5) is 0 Å². The molecule has 0 aromatic heterocycles. The van der Waals surface area contributed by atoms with Crippen molar-refractivity contribution in [1.82, 2.24) is 0 Å². The fourth-order valence-electron chi connectivity index (χ4n) is 0.701. The SMILES string of the molecule is CC1=C/C(=C/C#N)C=CO1. The summed E-state index contributed by atoms with van der Waals surface area (Å²) in [6.45, 7) is 1.84. The molecule has 0 N–H and O–H groups in total. The average Bonchev–Trinajstić information content (AvgIpc) is 1.88. The van der Waals surface area contributed by atoms with Crippen LogP contribution in [-0.4, -0.2) is 0 Å². The summed E-state index contributed by atoms with van der Waals surface area (Å²) in [5.74, 6) is 0.809. The van der Waals surface area contributed by atoms with E-state index in [0.29, 0.717) is 0 Å². The summed E-state index contributed by atoms with van der Waals surface area (Å²) in [6.07, 6.45) is 6.60. The van der Waals surface area contributed by atoms with E-state index in [-0.39, 0.29) is 0 Å². The first kappa shape index (κ1) is 6.63. The number of nitriles is 1. The van der Waals surface area contributed by atoms with Gasteiger partial charge in [0.15, 0.2) is 0 Å². The fourth-order valence-corrected chi connectivity index (χ4v) is 0.701. The summed E-state index contributed by atoms with van der Waals surface area (Å²) < 4.78 is 4.98.